The van der Waals surface area contributed by atoms with Crippen molar-refractivity contribution in [2.24, 2.45) is 5.73 Å². The second kappa shape index (κ2) is 6.88. The molecule has 1 aromatic heterocycles. The standard InChI is InChI=1S/C17H10Cl3N3O2/c18-10-4-2-5-11(19)13(10)17(25)23-12-6-1-3-8-14(20)9(16(21)24)7-22-15(8)12/h1-7H,(H2,21,24)(H,23,25). The Balaban J connectivity index is 2.07. The molecule has 3 aromatic rings. The minimum atomic E-state index is -0.684. The van der Waals surface area contributed by atoms with Crippen LogP contribution in [-0.2, 0) is 0 Å². The van der Waals surface area contributed by atoms with Crippen molar-refractivity contribution in [1.29, 1.82) is 0 Å². The van der Waals surface area contributed by atoms with E-state index in [2.05, 4.69) is 10.3 Å². The van der Waals surface area contributed by atoms with Crippen molar-refractivity contribution in [2.45, 2.75) is 0 Å². The molecule has 0 aliphatic heterocycles. The van der Waals surface area contributed by atoms with Gasteiger partial charge in [0.15, 0.2) is 0 Å². The number of carbonyl (C=O) groups excluding carboxylic acids is 2. The first kappa shape index (κ1) is 17.5. The van der Waals surface area contributed by atoms with Crippen LogP contribution in [0.4, 0.5) is 5.69 Å². The van der Waals surface area contributed by atoms with Gasteiger partial charge in [-0.25, -0.2) is 0 Å². The van der Waals surface area contributed by atoms with Gasteiger partial charge in [-0.3, -0.25) is 14.6 Å². The third-order valence-electron chi connectivity index (χ3n) is 3.54. The van der Waals surface area contributed by atoms with Crippen molar-refractivity contribution in [2.75, 3.05) is 5.32 Å². The molecule has 25 heavy (non-hydrogen) atoms. The van der Waals surface area contributed by atoms with Crippen LogP contribution in [0.15, 0.2) is 42.6 Å². The number of pyridine rings is 1. The largest absolute Gasteiger partial charge is 0.366 e. The molecule has 3 N–H and O–H groups in total. The predicted molar refractivity (Wildman–Crippen MR) is 99.7 cm³/mol. The number of carbonyl (C=O) groups is 2. The van der Waals surface area contributed by atoms with Crippen LogP contribution in [0.5, 0.6) is 0 Å². The van der Waals surface area contributed by atoms with E-state index >= 15 is 0 Å². The molecule has 2 amide bonds. The van der Waals surface area contributed by atoms with Crippen LogP contribution in [0.25, 0.3) is 10.9 Å². The van der Waals surface area contributed by atoms with Crippen molar-refractivity contribution in [1.82, 2.24) is 4.98 Å². The number of hydrogen-bond donors (Lipinski definition) is 2. The zero-order valence-electron chi connectivity index (χ0n) is 12.5. The summed E-state index contributed by atoms with van der Waals surface area (Å²) < 4.78 is 0. The van der Waals surface area contributed by atoms with Gasteiger partial charge in [0.1, 0.15) is 0 Å². The van der Waals surface area contributed by atoms with Crippen LogP contribution in [0.2, 0.25) is 15.1 Å². The molecule has 0 fully saturated rings. The number of amides is 2. The highest BCUT2D eigenvalue weighted by atomic mass is 35.5. The SMILES string of the molecule is NC(=O)c1cnc2c(NC(=O)c3c(Cl)cccc3Cl)cccc2c1Cl. The summed E-state index contributed by atoms with van der Waals surface area (Å²) in [5.74, 6) is -1.17. The number of fused-ring (bicyclic) bond motifs is 1. The van der Waals surface area contributed by atoms with Crippen molar-refractivity contribution in [3.63, 3.8) is 0 Å². The third-order valence-corrected chi connectivity index (χ3v) is 4.57. The van der Waals surface area contributed by atoms with E-state index in [0.717, 1.165) is 0 Å². The predicted octanol–water partition coefficient (Wildman–Crippen LogP) is 4.55. The lowest BCUT2D eigenvalue weighted by atomic mass is 10.1. The molecule has 0 aliphatic rings. The van der Waals surface area contributed by atoms with Crippen LogP contribution in [0.3, 0.4) is 0 Å². The molecule has 0 radical (unpaired) electrons. The number of primary amides is 1. The smallest absolute Gasteiger partial charge is 0.258 e. The maximum atomic E-state index is 12.5. The number of benzene rings is 2. The lowest BCUT2D eigenvalue weighted by molar-refractivity contribution is 0.0997. The van der Waals surface area contributed by atoms with Crippen molar-refractivity contribution in [3.05, 3.63) is 68.8 Å². The monoisotopic (exact) mass is 393 g/mol. The van der Waals surface area contributed by atoms with Gasteiger partial charge in [0.25, 0.3) is 11.8 Å². The molecule has 126 valence electrons. The summed E-state index contributed by atoms with van der Waals surface area (Å²) in [5, 5.41) is 3.83. The number of para-hydroxylation sites is 1. The highest BCUT2D eigenvalue weighted by Gasteiger charge is 2.18. The van der Waals surface area contributed by atoms with Crippen LogP contribution in [0, 0.1) is 0 Å². The van der Waals surface area contributed by atoms with Gasteiger partial charge in [-0.1, -0.05) is 53.0 Å². The van der Waals surface area contributed by atoms with Gasteiger partial charge >= 0.3 is 0 Å². The average molecular weight is 395 g/mol. The Labute approximate surface area is 157 Å². The maximum Gasteiger partial charge on any atom is 0.258 e. The second-order valence-electron chi connectivity index (χ2n) is 5.10. The molecule has 0 spiro atoms. The number of hydrogen-bond acceptors (Lipinski definition) is 3. The Bertz CT molecular complexity index is 1000. The summed E-state index contributed by atoms with van der Waals surface area (Å²) in [7, 11) is 0. The molecule has 8 heteroatoms. The van der Waals surface area contributed by atoms with E-state index in [9.17, 15) is 9.59 Å². The fourth-order valence-electron chi connectivity index (χ4n) is 2.36. The molecule has 0 saturated carbocycles. The van der Waals surface area contributed by atoms with Crippen molar-refractivity contribution in [3.8, 4) is 0 Å². The van der Waals surface area contributed by atoms with Gasteiger partial charge in [0, 0.05) is 11.6 Å². The van der Waals surface area contributed by atoms with Crippen LogP contribution < -0.4 is 11.1 Å². The minimum absolute atomic E-state index is 0.104. The fourth-order valence-corrected chi connectivity index (χ4v) is 3.23. The molecular formula is C17H10Cl3N3O2. The Kier molecular flexibility index (Phi) is 4.81. The lowest BCUT2D eigenvalue weighted by Gasteiger charge is -2.11. The van der Waals surface area contributed by atoms with E-state index in [4.69, 9.17) is 40.5 Å². The molecular weight excluding hydrogens is 385 g/mol. The number of nitrogens with two attached hydrogens (primary N) is 1. The first-order valence-electron chi connectivity index (χ1n) is 7.02. The molecule has 3 rings (SSSR count). The molecule has 0 saturated heterocycles. The Morgan fingerprint density at radius 3 is 2.28 bits per heavy atom. The Morgan fingerprint density at radius 2 is 1.64 bits per heavy atom. The highest BCUT2D eigenvalue weighted by molar-refractivity contribution is 6.41. The molecule has 0 bridgehead atoms. The van der Waals surface area contributed by atoms with Crippen molar-refractivity contribution >= 4 is 63.2 Å². The molecule has 0 aliphatic carbocycles. The summed E-state index contributed by atoms with van der Waals surface area (Å²) in [6.45, 7) is 0. The van der Waals surface area contributed by atoms with E-state index in [0.29, 0.717) is 16.6 Å². The van der Waals surface area contributed by atoms with Gasteiger partial charge in [-0.05, 0) is 18.2 Å². The van der Waals surface area contributed by atoms with Crippen LogP contribution in [0.1, 0.15) is 20.7 Å². The first-order chi connectivity index (χ1) is 11.9. The third kappa shape index (κ3) is 3.26. The summed E-state index contributed by atoms with van der Waals surface area (Å²) in [4.78, 5) is 28.1. The quantitative estimate of drug-likeness (QED) is 0.683. The fraction of sp³-hybridized carbons (Fsp3) is 0. The molecule has 0 unspecified atom stereocenters. The van der Waals surface area contributed by atoms with E-state index < -0.39 is 11.8 Å². The summed E-state index contributed by atoms with van der Waals surface area (Å²) in [6.07, 6.45) is 1.27. The number of rotatable bonds is 3. The average Bonchev–Trinajstić information content (AvgIpc) is 2.55. The van der Waals surface area contributed by atoms with Gasteiger partial charge < -0.3 is 11.1 Å². The summed E-state index contributed by atoms with van der Waals surface area (Å²) in [5.41, 5.74) is 6.34. The molecule has 0 atom stereocenters. The topological polar surface area (TPSA) is 85.1 Å². The second-order valence-corrected chi connectivity index (χ2v) is 6.29. The Morgan fingerprint density at radius 1 is 1.00 bits per heavy atom. The summed E-state index contributed by atoms with van der Waals surface area (Å²) in [6, 6.07) is 9.78. The van der Waals surface area contributed by atoms with E-state index in [1.165, 1.54) is 6.20 Å². The summed E-state index contributed by atoms with van der Waals surface area (Å²) >= 11 is 18.3. The van der Waals surface area contributed by atoms with Gasteiger partial charge in [0.2, 0.25) is 0 Å². The zero-order valence-corrected chi connectivity index (χ0v) is 14.8. The van der Waals surface area contributed by atoms with Gasteiger partial charge in [-0.15, -0.1) is 0 Å². The molecule has 5 nitrogen and oxygen atoms in total. The van der Waals surface area contributed by atoms with Gasteiger partial charge in [-0.2, -0.15) is 0 Å². The molecule has 1 heterocycles. The lowest BCUT2D eigenvalue weighted by Crippen LogP contribution is -2.14. The molecule has 2 aromatic carbocycles. The normalized spacial score (nSPS) is 10.7. The maximum absolute atomic E-state index is 12.5. The zero-order chi connectivity index (χ0) is 18.1. The number of nitrogens with zero attached hydrogens (tertiary/aromatic N) is 1. The number of nitrogens with one attached hydrogen (secondary N) is 1. The highest BCUT2D eigenvalue weighted by Crippen LogP contribution is 2.31. The van der Waals surface area contributed by atoms with E-state index in [1.54, 1.807) is 36.4 Å². The number of halogens is 3. The van der Waals surface area contributed by atoms with Crippen molar-refractivity contribution < 1.29 is 9.59 Å². The van der Waals surface area contributed by atoms with Gasteiger partial charge in [0.05, 0.1) is 37.4 Å². The Hall–Kier alpha value is -2.34. The number of aromatic nitrogens is 1. The van der Waals surface area contributed by atoms with Crippen LogP contribution in [-0.4, -0.2) is 16.8 Å². The number of anilines is 1. The van der Waals surface area contributed by atoms with Crippen LogP contribution >= 0.6 is 34.8 Å². The first-order valence-corrected chi connectivity index (χ1v) is 8.16. The minimum Gasteiger partial charge on any atom is -0.366 e. The van der Waals surface area contributed by atoms with E-state index in [1.807, 2.05) is 0 Å². The van der Waals surface area contributed by atoms with E-state index in [-0.39, 0.29) is 26.2 Å².